The highest BCUT2D eigenvalue weighted by molar-refractivity contribution is 7.91. The van der Waals surface area contributed by atoms with Crippen molar-refractivity contribution in [3.8, 4) is 0 Å². The molecule has 14 heteroatoms. The second-order valence-corrected chi connectivity index (χ2v) is 11.8. The summed E-state index contributed by atoms with van der Waals surface area (Å²) in [7, 11) is -3.58. The fourth-order valence-corrected chi connectivity index (χ4v) is 5.19. The summed E-state index contributed by atoms with van der Waals surface area (Å²) in [5.74, 6) is -1.46. The van der Waals surface area contributed by atoms with E-state index >= 15 is 0 Å². The van der Waals surface area contributed by atoms with Gasteiger partial charge in [-0.2, -0.15) is 26.3 Å². The molecule has 7 nitrogen and oxygen atoms in total. The van der Waals surface area contributed by atoms with E-state index in [1.165, 1.54) is 30.0 Å². The maximum absolute atomic E-state index is 13.3. The van der Waals surface area contributed by atoms with Crippen molar-refractivity contribution in [3.05, 3.63) is 59.2 Å². The van der Waals surface area contributed by atoms with Crippen LogP contribution >= 0.6 is 0 Å². The summed E-state index contributed by atoms with van der Waals surface area (Å²) in [5, 5.41) is 11.9. The zero-order chi connectivity index (χ0) is 29.6. The van der Waals surface area contributed by atoms with Crippen molar-refractivity contribution in [2.45, 2.75) is 62.6 Å². The predicted octanol–water partition coefficient (Wildman–Crippen LogP) is 4.86. The number of anilines is 1. The Morgan fingerprint density at radius 1 is 1.03 bits per heavy atom. The molecule has 1 unspecified atom stereocenters. The normalized spacial score (nSPS) is 16.4. The Balaban J connectivity index is 1.96. The topological polar surface area (TPSA) is 104 Å². The standard InChI is InChI=1S/C25H26F6N2O5S/c1-4-39(37,38)18-9-10-19-15(12-18)13-33(20(34)11-14(2)3)21(19)22(35)32-17-7-5-16(6-8-17)23(36,24(26,27)28)25(29,30)31/h5-10,12,14,21,36H,4,11,13H2,1-3H3,(H,32,35). The molecule has 0 spiro atoms. The molecule has 0 aromatic heterocycles. The minimum Gasteiger partial charge on any atom is -0.369 e. The van der Waals surface area contributed by atoms with E-state index in [2.05, 4.69) is 5.32 Å². The number of nitrogens with zero attached hydrogens (tertiary/aromatic N) is 1. The quantitative estimate of drug-likeness (QED) is 0.456. The van der Waals surface area contributed by atoms with Crippen molar-refractivity contribution >= 4 is 27.3 Å². The number of rotatable bonds is 7. The highest BCUT2D eigenvalue weighted by Crippen LogP contribution is 2.50. The van der Waals surface area contributed by atoms with Crippen molar-refractivity contribution in [1.82, 2.24) is 4.90 Å². The van der Waals surface area contributed by atoms with Crippen molar-refractivity contribution in [2.75, 3.05) is 11.1 Å². The zero-order valence-corrected chi connectivity index (χ0v) is 21.8. The van der Waals surface area contributed by atoms with Crippen LogP contribution in [-0.4, -0.2) is 48.3 Å². The fraction of sp³-hybridized carbons (Fsp3) is 0.440. The molecule has 39 heavy (non-hydrogen) atoms. The molecule has 2 N–H and O–H groups in total. The number of fused-ring (bicyclic) bond motifs is 1. The Morgan fingerprint density at radius 2 is 1.59 bits per heavy atom. The van der Waals surface area contributed by atoms with Crippen LogP contribution in [0.4, 0.5) is 32.0 Å². The summed E-state index contributed by atoms with van der Waals surface area (Å²) in [5.41, 5.74) is -6.06. The average Bonchev–Trinajstić information content (AvgIpc) is 3.21. The van der Waals surface area contributed by atoms with Gasteiger partial charge < -0.3 is 15.3 Å². The minimum atomic E-state index is -6.06. The first kappa shape index (κ1) is 30.4. The van der Waals surface area contributed by atoms with Crippen LogP contribution in [0.1, 0.15) is 49.9 Å². The third-order valence-electron chi connectivity index (χ3n) is 6.34. The molecule has 0 aliphatic carbocycles. The minimum absolute atomic E-state index is 0.0125. The van der Waals surface area contributed by atoms with Crippen LogP contribution in [0, 0.1) is 5.92 Å². The summed E-state index contributed by atoms with van der Waals surface area (Å²) in [6.07, 6.45) is -12.1. The second-order valence-electron chi connectivity index (χ2n) is 9.56. The van der Waals surface area contributed by atoms with E-state index < -0.39 is 51.2 Å². The average molecular weight is 581 g/mol. The number of hydrogen-bond donors (Lipinski definition) is 2. The fourth-order valence-electron chi connectivity index (χ4n) is 4.26. The number of sulfone groups is 1. The van der Waals surface area contributed by atoms with Crippen LogP contribution in [0.5, 0.6) is 0 Å². The molecular formula is C25H26F6N2O5S. The molecule has 3 rings (SSSR count). The predicted molar refractivity (Wildman–Crippen MR) is 128 cm³/mol. The van der Waals surface area contributed by atoms with Gasteiger partial charge in [-0.1, -0.05) is 39.0 Å². The van der Waals surface area contributed by atoms with Crippen LogP contribution in [0.25, 0.3) is 0 Å². The number of nitrogens with one attached hydrogen (secondary N) is 1. The number of benzene rings is 2. The Kier molecular flexibility index (Phi) is 8.15. The van der Waals surface area contributed by atoms with Crippen LogP contribution in [0.3, 0.4) is 0 Å². The monoisotopic (exact) mass is 580 g/mol. The van der Waals surface area contributed by atoms with Crippen molar-refractivity contribution in [2.24, 2.45) is 5.92 Å². The van der Waals surface area contributed by atoms with E-state index in [4.69, 9.17) is 0 Å². The zero-order valence-electron chi connectivity index (χ0n) is 21.0. The van der Waals surface area contributed by atoms with Gasteiger partial charge in [-0.3, -0.25) is 9.59 Å². The lowest BCUT2D eigenvalue weighted by Gasteiger charge is -2.32. The van der Waals surface area contributed by atoms with Gasteiger partial charge in [0, 0.05) is 24.2 Å². The van der Waals surface area contributed by atoms with Gasteiger partial charge in [0.2, 0.25) is 5.91 Å². The lowest BCUT2D eigenvalue weighted by atomic mass is 9.92. The smallest absolute Gasteiger partial charge is 0.369 e. The molecule has 1 heterocycles. The summed E-state index contributed by atoms with van der Waals surface area (Å²) in [6.45, 7) is 4.96. The molecule has 1 aliphatic heterocycles. The Morgan fingerprint density at radius 3 is 2.08 bits per heavy atom. The lowest BCUT2D eigenvalue weighted by molar-refractivity contribution is -0.376. The molecule has 2 aromatic carbocycles. The van der Waals surface area contributed by atoms with Gasteiger partial charge in [-0.25, -0.2) is 8.42 Å². The van der Waals surface area contributed by atoms with E-state index in [0.717, 1.165) is 12.1 Å². The number of halogens is 6. The maximum atomic E-state index is 13.3. The summed E-state index contributed by atoms with van der Waals surface area (Å²) in [6, 6.07) is 5.17. The molecule has 0 fully saturated rings. The van der Waals surface area contributed by atoms with Crippen molar-refractivity contribution in [3.63, 3.8) is 0 Å². The molecule has 0 bridgehead atoms. The molecular weight excluding hydrogens is 554 g/mol. The van der Waals surface area contributed by atoms with Crippen LogP contribution < -0.4 is 5.32 Å². The number of aliphatic hydroxyl groups is 1. The first-order valence-corrected chi connectivity index (χ1v) is 13.4. The summed E-state index contributed by atoms with van der Waals surface area (Å²) in [4.78, 5) is 27.5. The second kappa shape index (κ2) is 10.5. The van der Waals surface area contributed by atoms with Gasteiger partial charge in [0.1, 0.15) is 6.04 Å². The maximum Gasteiger partial charge on any atom is 0.430 e. The van der Waals surface area contributed by atoms with E-state index in [-0.39, 0.29) is 35.2 Å². The number of alkyl halides is 6. The number of carbonyl (C=O) groups excluding carboxylic acids is 2. The Bertz CT molecular complexity index is 1340. The molecule has 2 amide bonds. The number of carbonyl (C=O) groups is 2. The highest BCUT2D eigenvalue weighted by atomic mass is 32.2. The summed E-state index contributed by atoms with van der Waals surface area (Å²) >= 11 is 0. The van der Waals surface area contributed by atoms with Crippen LogP contribution in [0.2, 0.25) is 0 Å². The number of hydrogen-bond acceptors (Lipinski definition) is 5. The Labute approximate surface area is 220 Å². The largest absolute Gasteiger partial charge is 0.430 e. The molecule has 0 saturated carbocycles. The van der Waals surface area contributed by atoms with Gasteiger partial charge in [0.15, 0.2) is 9.84 Å². The third kappa shape index (κ3) is 5.76. The van der Waals surface area contributed by atoms with Gasteiger partial charge in [0.05, 0.1) is 10.6 Å². The summed E-state index contributed by atoms with van der Waals surface area (Å²) < 4.78 is 104. The van der Waals surface area contributed by atoms with Crippen molar-refractivity contribution < 1.29 is 49.5 Å². The van der Waals surface area contributed by atoms with E-state index in [9.17, 15) is 49.5 Å². The van der Waals surface area contributed by atoms with E-state index in [1.807, 2.05) is 0 Å². The molecule has 1 atom stereocenters. The molecule has 0 saturated heterocycles. The van der Waals surface area contributed by atoms with E-state index in [1.54, 1.807) is 13.8 Å². The van der Waals surface area contributed by atoms with Gasteiger partial charge in [0.25, 0.3) is 11.5 Å². The number of amides is 2. The molecule has 2 aromatic rings. The SMILES string of the molecule is CCS(=O)(=O)c1ccc2c(c1)CN(C(=O)CC(C)C)C2C(=O)Nc1ccc(C(O)(C(F)(F)F)C(F)(F)F)cc1. The van der Waals surface area contributed by atoms with Gasteiger partial charge in [-0.05, 0) is 41.3 Å². The first-order chi connectivity index (χ1) is 17.8. The first-order valence-electron chi connectivity index (χ1n) is 11.8. The van der Waals surface area contributed by atoms with Crippen molar-refractivity contribution in [1.29, 1.82) is 0 Å². The van der Waals surface area contributed by atoms with Gasteiger partial charge in [-0.15, -0.1) is 0 Å². The van der Waals surface area contributed by atoms with Crippen LogP contribution in [-0.2, 0) is 31.6 Å². The van der Waals surface area contributed by atoms with E-state index in [0.29, 0.717) is 23.3 Å². The highest BCUT2D eigenvalue weighted by Gasteiger charge is 2.71. The lowest BCUT2D eigenvalue weighted by Crippen LogP contribution is -2.53. The third-order valence-corrected chi connectivity index (χ3v) is 8.08. The van der Waals surface area contributed by atoms with Gasteiger partial charge >= 0.3 is 12.4 Å². The Hall–Kier alpha value is -3.13. The molecule has 0 radical (unpaired) electrons. The van der Waals surface area contributed by atoms with Crippen LogP contribution in [0.15, 0.2) is 47.4 Å². The molecule has 214 valence electrons. The molecule has 1 aliphatic rings.